The number of amides is 2. The first-order valence-electron chi connectivity index (χ1n) is 10.9. The largest absolute Gasteiger partial charge is 0.351 e. The van der Waals surface area contributed by atoms with Gasteiger partial charge in [0.25, 0.3) is 5.91 Å². The van der Waals surface area contributed by atoms with Gasteiger partial charge in [0.05, 0.1) is 6.54 Å². The van der Waals surface area contributed by atoms with Crippen molar-refractivity contribution < 1.29 is 9.59 Å². The summed E-state index contributed by atoms with van der Waals surface area (Å²) >= 11 is 6.31. The Kier molecular flexibility index (Phi) is 4.82. The second-order valence-electron chi connectivity index (χ2n) is 8.97. The normalized spacial score (nSPS) is 21.5. The molecule has 0 saturated heterocycles. The molecule has 0 spiro atoms. The summed E-state index contributed by atoms with van der Waals surface area (Å²) in [7, 11) is 0. The van der Waals surface area contributed by atoms with Crippen LogP contribution in [0.25, 0.3) is 10.9 Å². The zero-order chi connectivity index (χ0) is 21.8. The maximum absolute atomic E-state index is 13.9. The Morgan fingerprint density at radius 1 is 1.13 bits per heavy atom. The van der Waals surface area contributed by atoms with Crippen molar-refractivity contribution in [1.82, 2.24) is 9.88 Å². The number of anilines is 1. The summed E-state index contributed by atoms with van der Waals surface area (Å²) in [5.41, 5.74) is 2.06. The van der Waals surface area contributed by atoms with E-state index >= 15 is 0 Å². The van der Waals surface area contributed by atoms with Crippen molar-refractivity contribution >= 4 is 40.0 Å². The van der Waals surface area contributed by atoms with Gasteiger partial charge in [-0.25, -0.2) is 0 Å². The van der Waals surface area contributed by atoms with E-state index in [4.69, 9.17) is 11.6 Å². The topological polar surface area (TPSA) is 54.3 Å². The summed E-state index contributed by atoms with van der Waals surface area (Å²) < 4.78 is 1.99. The van der Waals surface area contributed by atoms with Crippen molar-refractivity contribution in [2.24, 2.45) is 0 Å². The SMILES string of the molecule is Cc1ccc(Cl)cc1N1C(=O)c2cc3ccccc3n2C[C@]1(C)C(=O)NC1CCCC1. The van der Waals surface area contributed by atoms with Crippen molar-refractivity contribution in [2.75, 3.05) is 4.90 Å². The molecule has 2 heterocycles. The highest BCUT2D eigenvalue weighted by Crippen LogP contribution is 2.38. The third-order valence-electron chi connectivity index (χ3n) is 6.78. The number of rotatable bonds is 3. The smallest absolute Gasteiger partial charge is 0.275 e. The van der Waals surface area contributed by atoms with Gasteiger partial charge >= 0.3 is 0 Å². The number of benzene rings is 2. The molecule has 2 amide bonds. The maximum atomic E-state index is 13.9. The van der Waals surface area contributed by atoms with Gasteiger partial charge in [0.15, 0.2) is 0 Å². The molecule has 1 aliphatic carbocycles. The van der Waals surface area contributed by atoms with Crippen molar-refractivity contribution in [2.45, 2.75) is 57.7 Å². The first-order chi connectivity index (χ1) is 14.9. The lowest BCUT2D eigenvalue weighted by Crippen LogP contribution is -2.65. The zero-order valence-electron chi connectivity index (χ0n) is 17.8. The number of aromatic nitrogens is 1. The predicted molar refractivity (Wildman–Crippen MR) is 124 cm³/mol. The average molecular weight is 436 g/mol. The Labute approximate surface area is 187 Å². The van der Waals surface area contributed by atoms with Crippen LogP contribution in [0.4, 0.5) is 5.69 Å². The van der Waals surface area contributed by atoms with Gasteiger partial charge in [-0.3, -0.25) is 14.5 Å². The lowest BCUT2D eigenvalue weighted by molar-refractivity contribution is -0.127. The quantitative estimate of drug-likeness (QED) is 0.623. The van der Waals surface area contributed by atoms with Gasteiger partial charge in [-0.15, -0.1) is 0 Å². The lowest BCUT2D eigenvalue weighted by Gasteiger charge is -2.45. The molecule has 31 heavy (non-hydrogen) atoms. The average Bonchev–Trinajstić information content (AvgIpc) is 3.38. The van der Waals surface area contributed by atoms with E-state index in [0.29, 0.717) is 22.9 Å². The number of hydrogen-bond acceptors (Lipinski definition) is 2. The van der Waals surface area contributed by atoms with Gasteiger partial charge in [-0.05, 0) is 56.5 Å². The molecule has 2 aromatic carbocycles. The molecule has 3 aromatic rings. The van der Waals surface area contributed by atoms with E-state index in [1.807, 2.05) is 60.9 Å². The molecule has 5 nitrogen and oxygen atoms in total. The fourth-order valence-corrected chi connectivity index (χ4v) is 5.22. The van der Waals surface area contributed by atoms with E-state index in [1.54, 1.807) is 11.0 Å². The van der Waals surface area contributed by atoms with Crippen LogP contribution >= 0.6 is 11.6 Å². The number of nitrogens with zero attached hydrogens (tertiary/aromatic N) is 2. The number of nitrogens with one attached hydrogen (secondary N) is 1. The molecule has 1 aliphatic heterocycles. The van der Waals surface area contributed by atoms with E-state index in [1.165, 1.54) is 0 Å². The second-order valence-corrected chi connectivity index (χ2v) is 9.41. The molecule has 2 aliphatic rings. The van der Waals surface area contributed by atoms with Crippen LogP contribution in [0, 0.1) is 6.92 Å². The Bertz CT molecular complexity index is 1190. The Balaban J connectivity index is 1.67. The fraction of sp³-hybridized carbons (Fsp3) is 0.360. The van der Waals surface area contributed by atoms with Gasteiger partial charge in [0, 0.05) is 27.7 Å². The highest BCUT2D eigenvalue weighted by Gasteiger charge is 2.49. The first-order valence-corrected chi connectivity index (χ1v) is 11.3. The number of halogens is 1. The molecule has 0 unspecified atom stereocenters. The summed E-state index contributed by atoms with van der Waals surface area (Å²) in [6.07, 6.45) is 4.24. The van der Waals surface area contributed by atoms with Crippen LogP contribution in [0.1, 0.15) is 48.7 Å². The highest BCUT2D eigenvalue weighted by molar-refractivity contribution is 6.31. The van der Waals surface area contributed by atoms with E-state index in [9.17, 15) is 9.59 Å². The number of aryl methyl sites for hydroxylation is 1. The van der Waals surface area contributed by atoms with E-state index in [0.717, 1.165) is 42.1 Å². The monoisotopic (exact) mass is 435 g/mol. The number of fused-ring (bicyclic) bond motifs is 3. The lowest BCUT2D eigenvalue weighted by atomic mass is 9.92. The van der Waals surface area contributed by atoms with Crippen molar-refractivity contribution in [3.8, 4) is 0 Å². The van der Waals surface area contributed by atoms with Gasteiger partial charge in [0.1, 0.15) is 11.2 Å². The Morgan fingerprint density at radius 2 is 1.87 bits per heavy atom. The van der Waals surface area contributed by atoms with Crippen LogP contribution in [0.3, 0.4) is 0 Å². The second kappa shape index (κ2) is 7.41. The van der Waals surface area contributed by atoms with Crippen molar-refractivity contribution in [3.05, 3.63) is 64.8 Å². The van der Waals surface area contributed by atoms with Crippen LogP contribution in [0.15, 0.2) is 48.5 Å². The van der Waals surface area contributed by atoms with Crippen LogP contribution < -0.4 is 10.2 Å². The van der Waals surface area contributed by atoms with Crippen LogP contribution in [0.5, 0.6) is 0 Å². The molecule has 5 rings (SSSR count). The molecule has 1 aromatic heterocycles. The van der Waals surface area contributed by atoms with Crippen molar-refractivity contribution in [3.63, 3.8) is 0 Å². The highest BCUT2D eigenvalue weighted by atomic mass is 35.5. The van der Waals surface area contributed by atoms with Gasteiger partial charge in [-0.2, -0.15) is 0 Å². The summed E-state index contributed by atoms with van der Waals surface area (Å²) in [5, 5.41) is 4.77. The maximum Gasteiger partial charge on any atom is 0.275 e. The summed E-state index contributed by atoms with van der Waals surface area (Å²) in [6.45, 7) is 4.19. The fourth-order valence-electron chi connectivity index (χ4n) is 5.06. The minimum Gasteiger partial charge on any atom is -0.351 e. The van der Waals surface area contributed by atoms with Crippen LogP contribution in [-0.4, -0.2) is 28.0 Å². The Hall–Kier alpha value is -2.79. The molecular weight excluding hydrogens is 410 g/mol. The first kappa shape index (κ1) is 20.1. The molecule has 1 fully saturated rings. The summed E-state index contributed by atoms with van der Waals surface area (Å²) in [5.74, 6) is -0.299. The summed E-state index contributed by atoms with van der Waals surface area (Å²) in [6, 6.07) is 15.5. The third-order valence-corrected chi connectivity index (χ3v) is 7.02. The summed E-state index contributed by atoms with van der Waals surface area (Å²) in [4.78, 5) is 29.3. The van der Waals surface area contributed by atoms with E-state index < -0.39 is 5.54 Å². The molecule has 1 atom stereocenters. The number of hydrogen-bond donors (Lipinski definition) is 1. The Morgan fingerprint density at radius 3 is 2.65 bits per heavy atom. The zero-order valence-corrected chi connectivity index (χ0v) is 18.6. The number of para-hydroxylation sites is 1. The molecule has 1 saturated carbocycles. The van der Waals surface area contributed by atoms with Gasteiger partial charge in [0.2, 0.25) is 5.91 Å². The number of carbonyl (C=O) groups is 2. The minimum atomic E-state index is -1.08. The number of carbonyl (C=O) groups excluding carboxylic acids is 2. The van der Waals surface area contributed by atoms with Crippen LogP contribution in [-0.2, 0) is 11.3 Å². The van der Waals surface area contributed by atoms with Gasteiger partial charge < -0.3 is 9.88 Å². The van der Waals surface area contributed by atoms with Crippen LogP contribution in [0.2, 0.25) is 5.02 Å². The van der Waals surface area contributed by atoms with E-state index in [2.05, 4.69) is 5.32 Å². The third kappa shape index (κ3) is 3.23. The molecule has 1 N–H and O–H groups in total. The molecular formula is C25H26ClN3O2. The molecule has 160 valence electrons. The van der Waals surface area contributed by atoms with Crippen molar-refractivity contribution in [1.29, 1.82) is 0 Å². The molecule has 0 bridgehead atoms. The molecule has 0 radical (unpaired) electrons. The van der Waals surface area contributed by atoms with E-state index in [-0.39, 0.29) is 17.9 Å². The predicted octanol–water partition coefficient (Wildman–Crippen LogP) is 5.08. The minimum absolute atomic E-state index is 0.115. The molecule has 6 heteroatoms. The van der Waals surface area contributed by atoms with Gasteiger partial charge in [-0.1, -0.05) is 48.7 Å². The standard InChI is InChI=1S/C25H26ClN3O2/c1-16-11-12-18(26)14-21(16)29-23(30)22-13-17-7-3-6-10-20(17)28(22)15-25(29,2)24(31)27-19-8-4-5-9-19/h3,6-7,10-14,19H,4-5,8-9,15H2,1-2H3,(H,27,31)/t25-/m1/s1.